The maximum atomic E-state index is 12.7. The summed E-state index contributed by atoms with van der Waals surface area (Å²) in [6.07, 6.45) is 3.21. The molecular weight excluding hydrogens is 446 g/mol. The van der Waals surface area contributed by atoms with E-state index in [-0.39, 0.29) is 25.3 Å². The lowest BCUT2D eigenvalue weighted by Gasteiger charge is -2.18. The smallest absolute Gasteiger partial charge is 0.408 e. The Bertz CT molecular complexity index is 1150. The molecule has 10 nitrogen and oxygen atoms in total. The summed E-state index contributed by atoms with van der Waals surface area (Å²) >= 11 is 0. The SMILES string of the molecule is CS(=O)(=O)CCC(NC(=O)OCc1ccccc1)C(=O)NCc1ccc(-n2cncn2)cc1. The van der Waals surface area contributed by atoms with Crippen LogP contribution in [0.3, 0.4) is 0 Å². The Morgan fingerprint density at radius 2 is 1.79 bits per heavy atom. The van der Waals surface area contributed by atoms with Crippen molar-refractivity contribution in [2.75, 3.05) is 12.0 Å². The van der Waals surface area contributed by atoms with Gasteiger partial charge in [0.15, 0.2) is 0 Å². The second kappa shape index (κ2) is 11.2. The highest BCUT2D eigenvalue weighted by molar-refractivity contribution is 7.90. The van der Waals surface area contributed by atoms with Crippen molar-refractivity contribution in [1.82, 2.24) is 25.4 Å². The highest BCUT2D eigenvalue weighted by atomic mass is 32.2. The van der Waals surface area contributed by atoms with Gasteiger partial charge in [-0.15, -0.1) is 0 Å². The van der Waals surface area contributed by atoms with E-state index < -0.39 is 27.9 Å². The van der Waals surface area contributed by atoms with Gasteiger partial charge in [-0.3, -0.25) is 4.79 Å². The summed E-state index contributed by atoms with van der Waals surface area (Å²) in [6.45, 7) is 0.234. The minimum absolute atomic E-state index is 0.0329. The molecule has 0 bridgehead atoms. The lowest BCUT2D eigenvalue weighted by molar-refractivity contribution is -0.123. The number of hydrogen-bond donors (Lipinski definition) is 2. The summed E-state index contributed by atoms with van der Waals surface area (Å²) in [5, 5.41) is 9.25. The Morgan fingerprint density at radius 1 is 1.06 bits per heavy atom. The third kappa shape index (κ3) is 8.04. The maximum absolute atomic E-state index is 12.7. The van der Waals surface area contributed by atoms with Gasteiger partial charge in [-0.25, -0.2) is 22.9 Å². The Hall–Kier alpha value is -3.73. The molecule has 1 unspecified atom stereocenters. The van der Waals surface area contributed by atoms with Crippen LogP contribution < -0.4 is 10.6 Å². The number of ether oxygens (including phenoxy) is 1. The van der Waals surface area contributed by atoms with E-state index in [0.717, 1.165) is 23.1 Å². The van der Waals surface area contributed by atoms with Gasteiger partial charge in [-0.2, -0.15) is 5.10 Å². The molecule has 0 fully saturated rings. The van der Waals surface area contributed by atoms with Crippen molar-refractivity contribution in [3.8, 4) is 5.69 Å². The fourth-order valence-electron chi connectivity index (χ4n) is 2.93. The number of hydrogen-bond acceptors (Lipinski definition) is 7. The Kier molecular flexibility index (Phi) is 8.14. The predicted molar refractivity (Wildman–Crippen MR) is 121 cm³/mol. The molecule has 2 amide bonds. The molecule has 3 aromatic rings. The molecule has 33 heavy (non-hydrogen) atoms. The summed E-state index contributed by atoms with van der Waals surface area (Å²) in [5.74, 6) is -0.757. The van der Waals surface area contributed by atoms with Gasteiger partial charge < -0.3 is 15.4 Å². The molecule has 2 N–H and O–H groups in total. The molecule has 11 heteroatoms. The van der Waals surface area contributed by atoms with Crippen LogP contribution in [0.25, 0.3) is 5.69 Å². The van der Waals surface area contributed by atoms with Gasteiger partial charge in [-0.1, -0.05) is 42.5 Å². The van der Waals surface area contributed by atoms with Crippen LogP contribution in [0, 0.1) is 0 Å². The van der Waals surface area contributed by atoms with E-state index in [4.69, 9.17) is 4.74 Å². The quantitative estimate of drug-likeness (QED) is 0.459. The average Bonchev–Trinajstić information content (AvgIpc) is 3.34. The number of benzene rings is 2. The van der Waals surface area contributed by atoms with Crippen molar-refractivity contribution in [3.63, 3.8) is 0 Å². The zero-order chi connectivity index (χ0) is 23.7. The molecule has 0 spiro atoms. The van der Waals surface area contributed by atoms with E-state index in [1.807, 2.05) is 42.5 Å². The van der Waals surface area contributed by atoms with Gasteiger partial charge >= 0.3 is 6.09 Å². The molecule has 1 aromatic heterocycles. The summed E-state index contributed by atoms with van der Waals surface area (Å²) in [4.78, 5) is 28.8. The van der Waals surface area contributed by atoms with Crippen molar-refractivity contribution in [3.05, 3.63) is 78.4 Å². The van der Waals surface area contributed by atoms with Crippen LogP contribution in [-0.4, -0.2) is 53.2 Å². The van der Waals surface area contributed by atoms with Crippen molar-refractivity contribution < 1.29 is 22.7 Å². The summed E-state index contributed by atoms with van der Waals surface area (Å²) in [5.41, 5.74) is 2.43. The zero-order valence-corrected chi connectivity index (χ0v) is 18.9. The number of aromatic nitrogens is 3. The monoisotopic (exact) mass is 471 g/mol. The second-order valence-corrected chi connectivity index (χ2v) is 9.66. The van der Waals surface area contributed by atoms with Gasteiger partial charge in [0, 0.05) is 12.8 Å². The van der Waals surface area contributed by atoms with E-state index in [9.17, 15) is 18.0 Å². The summed E-state index contributed by atoms with van der Waals surface area (Å²) < 4.78 is 29.9. The fourth-order valence-corrected chi connectivity index (χ4v) is 3.59. The number of alkyl carbamates (subject to hydrolysis) is 1. The van der Waals surface area contributed by atoms with E-state index in [1.54, 1.807) is 23.1 Å². The average molecular weight is 472 g/mol. The Balaban J connectivity index is 1.56. The van der Waals surface area contributed by atoms with E-state index in [0.29, 0.717) is 0 Å². The van der Waals surface area contributed by atoms with Crippen LogP contribution in [0.1, 0.15) is 17.5 Å². The largest absolute Gasteiger partial charge is 0.445 e. The van der Waals surface area contributed by atoms with Crippen LogP contribution in [0.2, 0.25) is 0 Å². The van der Waals surface area contributed by atoms with Gasteiger partial charge in [0.05, 0.1) is 11.4 Å². The minimum Gasteiger partial charge on any atom is -0.445 e. The second-order valence-electron chi connectivity index (χ2n) is 7.40. The normalized spacial score (nSPS) is 12.0. The standard InChI is InChI=1S/C22H25N5O5S/c1-33(30,31)12-11-20(26-22(29)32-14-18-5-3-2-4-6-18)21(28)24-13-17-7-9-19(10-8-17)27-16-23-15-25-27/h2-10,15-16,20H,11-14H2,1H3,(H,24,28)(H,26,29). The first kappa shape index (κ1) is 23.9. The third-order valence-electron chi connectivity index (χ3n) is 4.69. The summed E-state index contributed by atoms with van der Waals surface area (Å²) in [6, 6.07) is 15.3. The van der Waals surface area contributed by atoms with Gasteiger partial charge in [-0.05, 0) is 29.7 Å². The van der Waals surface area contributed by atoms with E-state index in [2.05, 4.69) is 20.7 Å². The minimum atomic E-state index is -3.32. The van der Waals surface area contributed by atoms with E-state index >= 15 is 0 Å². The molecule has 0 saturated carbocycles. The summed E-state index contributed by atoms with van der Waals surface area (Å²) in [7, 11) is -3.32. The molecule has 0 radical (unpaired) electrons. The topological polar surface area (TPSA) is 132 Å². The van der Waals surface area contributed by atoms with Gasteiger partial charge in [0.25, 0.3) is 0 Å². The highest BCUT2D eigenvalue weighted by Gasteiger charge is 2.23. The van der Waals surface area contributed by atoms with Crippen LogP contribution in [0.15, 0.2) is 67.3 Å². The molecule has 1 heterocycles. The van der Waals surface area contributed by atoms with Crippen LogP contribution in [0.5, 0.6) is 0 Å². The number of amides is 2. The lowest BCUT2D eigenvalue weighted by Crippen LogP contribution is -2.47. The van der Waals surface area contributed by atoms with Crippen LogP contribution in [-0.2, 0) is 32.5 Å². The van der Waals surface area contributed by atoms with Gasteiger partial charge in [0.1, 0.15) is 35.1 Å². The van der Waals surface area contributed by atoms with Crippen molar-refractivity contribution in [2.24, 2.45) is 0 Å². The molecule has 3 rings (SSSR count). The Labute approximate surface area is 191 Å². The number of carbonyl (C=O) groups excluding carboxylic acids is 2. The third-order valence-corrected chi connectivity index (χ3v) is 5.66. The molecule has 0 saturated heterocycles. The molecule has 1 atom stereocenters. The molecule has 0 aliphatic heterocycles. The number of nitrogens with zero attached hydrogens (tertiary/aromatic N) is 3. The molecule has 174 valence electrons. The van der Waals surface area contributed by atoms with Gasteiger partial charge in [0.2, 0.25) is 5.91 Å². The fraction of sp³-hybridized carbons (Fsp3) is 0.273. The van der Waals surface area contributed by atoms with Crippen molar-refractivity contribution in [2.45, 2.75) is 25.6 Å². The molecule has 2 aromatic carbocycles. The number of rotatable bonds is 10. The Morgan fingerprint density at radius 3 is 2.42 bits per heavy atom. The van der Waals surface area contributed by atoms with Crippen molar-refractivity contribution >= 4 is 21.8 Å². The lowest BCUT2D eigenvalue weighted by atomic mass is 10.2. The van der Waals surface area contributed by atoms with Crippen LogP contribution >= 0.6 is 0 Å². The highest BCUT2D eigenvalue weighted by Crippen LogP contribution is 2.08. The molecule has 0 aliphatic carbocycles. The molecule has 0 aliphatic rings. The first-order chi connectivity index (χ1) is 15.8. The van der Waals surface area contributed by atoms with Crippen molar-refractivity contribution in [1.29, 1.82) is 0 Å². The maximum Gasteiger partial charge on any atom is 0.408 e. The first-order valence-electron chi connectivity index (χ1n) is 10.2. The predicted octanol–water partition coefficient (Wildman–Crippen LogP) is 1.61. The zero-order valence-electron chi connectivity index (χ0n) is 18.0. The number of sulfone groups is 1. The molecular formula is C22H25N5O5S. The first-order valence-corrected chi connectivity index (χ1v) is 12.2. The number of nitrogens with one attached hydrogen (secondary N) is 2. The van der Waals surface area contributed by atoms with Crippen LogP contribution in [0.4, 0.5) is 4.79 Å². The number of carbonyl (C=O) groups is 2. The van der Waals surface area contributed by atoms with E-state index in [1.165, 1.54) is 6.33 Å².